The maximum atomic E-state index is 13.2. The molecule has 1 amide bonds. The van der Waals surface area contributed by atoms with Crippen LogP contribution >= 0.6 is 0 Å². The van der Waals surface area contributed by atoms with E-state index in [0.717, 1.165) is 6.07 Å². The van der Waals surface area contributed by atoms with Crippen molar-refractivity contribution < 1.29 is 14.1 Å². The molecular weight excluding hydrogens is 271 g/mol. The first-order valence-corrected chi connectivity index (χ1v) is 5.35. The summed E-state index contributed by atoms with van der Waals surface area (Å²) in [5.41, 5.74) is 3.98. The average Bonchev–Trinajstić information content (AvgIpc) is 2.91. The lowest BCUT2D eigenvalue weighted by Crippen LogP contribution is -2.24. The van der Waals surface area contributed by atoms with E-state index in [1.165, 1.54) is 6.33 Å². The SMILES string of the molecule is Nc1cc(C(=O)NCc2ncn[nH]2)c([N+](=O)[O-])cc1F. The fourth-order valence-electron chi connectivity index (χ4n) is 1.49. The van der Waals surface area contributed by atoms with Gasteiger partial charge in [-0.25, -0.2) is 9.37 Å². The van der Waals surface area contributed by atoms with Crippen LogP contribution in [0.3, 0.4) is 0 Å². The molecule has 0 atom stereocenters. The Morgan fingerprint density at radius 2 is 2.30 bits per heavy atom. The fraction of sp³-hybridized carbons (Fsp3) is 0.100. The number of aromatic amines is 1. The third-order valence-electron chi connectivity index (χ3n) is 2.44. The molecule has 1 heterocycles. The molecule has 0 fully saturated rings. The Hall–Kier alpha value is -3.04. The van der Waals surface area contributed by atoms with Gasteiger partial charge in [0, 0.05) is 0 Å². The van der Waals surface area contributed by atoms with Crippen LogP contribution in [0.1, 0.15) is 16.2 Å². The highest BCUT2D eigenvalue weighted by Crippen LogP contribution is 2.24. The number of nitrogens with two attached hydrogens (primary N) is 1. The Kier molecular flexibility index (Phi) is 3.55. The molecule has 0 aliphatic rings. The van der Waals surface area contributed by atoms with Crippen LogP contribution in [-0.2, 0) is 6.54 Å². The molecule has 2 rings (SSSR count). The van der Waals surface area contributed by atoms with Crippen molar-refractivity contribution in [1.29, 1.82) is 0 Å². The monoisotopic (exact) mass is 280 g/mol. The van der Waals surface area contributed by atoms with Gasteiger partial charge in [0.15, 0.2) is 5.82 Å². The van der Waals surface area contributed by atoms with Gasteiger partial charge in [0.2, 0.25) is 0 Å². The van der Waals surface area contributed by atoms with Crippen LogP contribution in [0.25, 0.3) is 0 Å². The minimum atomic E-state index is -0.955. The molecule has 9 nitrogen and oxygen atoms in total. The Labute approximate surface area is 111 Å². The summed E-state index contributed by atoms with van der Waals surface area (Å²) in [7, 11) is 0. The number of aromatic nitrogens is 3. The molecule has 0 bridgehead atoms. The van der Waals surface area contributed by atoms with Gasteiger partial charge in [-0.1, -0.05) is 0 Å². The first-order valence-electron chi connectivity index (χ1n) is 5.35. The number of carbonyl (C=O) groups is 1. The van der Waals surface area contributed by atoms with Gasteiger partial charge in [-0.15, -0.1) is 0 Å². The molecule has 0 radical (unpaired) electrons. The van der Waals surface area contributed by atoms with E-state index >= 15 is 0 Å². The highest BCUT2D eigenvalue weighted by molar-refractivity contribution is 5.99. The van der Waals surface area contributed by atoms with Gasteiger partial charge < -0.3 is 11.1 Å². The summed E-state index contributed by atoms with van der Waals surface area (Å²) in [5.74, 6) is -1.35. The number of nitrogens with one attached hydrogen (secondary N) is 2. The van der Waals surface area contributed by atoms with Crippen molar-refractivity contribution in [2.24, 2.45) is 0 Å². The molecule has 0 spiro atoms. The fourth-order valence-corrected chi connectivity index (χ4v) is 1.49. The molecule has 0 aliphatic heterocycles. The number of nitro groups is 1. The van der Waals surface area contributed by atoms with Gasteiger partial charge in [-0.3, -0.25) is 20.0 Å². The number of halogens is 1. The Bertz CT molecular complexity index is 657. The number of nitro benzene ring substituents is 1. The smallest absolute Gasteiger partial charge is 0.285 e. The van der Waals surface area contributed by atoms with E-state index in [2.05, 4.69) is 20.5 Å². The van der Waals surface area contributed by atoms with E-state index in [9.17, 15) is 19.3 Å². The molecule has 4 N–H and O–H groups in total. The van der Waals surface area contributed by atoms with Gasteiger partial charge in [0.25, 0.3) is 11.6 Å². The minimum Gasteiger partial charge on any atom is -0.396 e. The Morgan fingerprint density at radius 1 is 1.55 bits per heavy atom. The number of rotatable bonds is 4. The third-order valence-corrected chi connectivity index (χ3v) is 2.44. The van der Waals surface area contributed by atoms with Gasteiger partial charge in [0.05, 0.1) is 23.2 Å². The first kappa shape index (κ1) is 13.4. The van der Waals surface area contributed by atoms with Crippen molar-refractivity contribution >= 4 is 17.3 Å². The maximum absolute atomic E-state index is 13.2. The van der Waals surface area contributed by atoms with Gasteiger partial charge in [-0.2, -0.15) is 5.10 Å². The first-order chi connectivity index (χ1) is 9.49. The van der Waals surface area contributed by atoms with Crippen LogP contribution in [0.2, 0.25) is 0 Å². The molecular formula is C10H9FN6O3. The van der Waals surface area contributed by atoms with E-state index in [-0.39, 0.29) is 17.8 Å². The molecule has 0 unspecified atom stereocenters. The number of nitrogen functional groups attached to an aromatic ring is 1. The molecule has 1 aromatic heterocycles. The van der Waals surface area contributed by atoms with Gasteiger partial charge in [-0.05, 0) is 6.07 Å². The van der Waals surface area contributed by atoms with Crippen molar-refractivity contribution in [3.8, 4) is 0 Å². The van der Waals surface area contributed by atoms with Crippen LogP contribution < -0.4 is 11.1 Å². The molecule has 2 aromatic rings. The summed E-state index contributed by atoms with van der Waals surface area (Å²) in [6, 6.07) is 1.53. The van der Waals surface area contributed by atoms with Crippen molar-refractivity contribution in [2.75, 3.05) is 5.73 Å². The number of hydrogen-bond acceptors (Lipinski definition) is 6. The predicted molar refractivity (Wildman–Crippen MR) is 65.0 cm³/mol. The van der Waals surface area contributed by atoms with E-state index < -0.39 is 22.3 Å². The number of hydrogen-bond donors (Lipinski definition) is 3. The zero-order chi connectivity index (χ0) is 14.7. The van der Waals surface area contributed by atoms with Crippen molar-refractivity contribution in [3.63, 3.8) is 0 Å². The minimum absolute atomic E-state index is 0.00668. The Morgan fingerprint density at radius 3 is 2.90 bits per heavy atom. The number of benzene rings is 1. The summed E-state index contributed by atoms with van der Waals surface area (Å²) in [6.07, 6.45) is 1.25. The predicted octanol–water partition coefficient (Wildman–Crippen LogP) is 0.364. The highest BCUT2D eigenvalue weighted by Gasteiger charge is 2.22. The number of nitrogens with zero attached hydrogens (tertiary/aromatic N) is 3. The quantitative estimate of drug-likeness (QED) is 0.419. The van der Waals surface area contributed by atoms with Gasteiger partial charge >= 0.3 is 0 Å². The molecule has 0 saturated carbocycles. The topological polar surface area (TPSA) is 140 Å². The summed E-state index contributed by atoms with van der Waals surface area (Å²) in [4.78, 5) is 25.6. The van der Waals surface area contributed by atoms with Crippen molar-refractivity contribution in [2.45, 2.75) is 6.54 Å². The largest absolute Gasteiger partial charge is 0.396 e. The van der Waals surface area contributed by atoms with E-state index in [1.54, 1.807) is 0 Å². The van der Waals surface area contributed by atoms with E-state index in [0.29, 0.717) is 11.9 Å². The summed E-state index contributed by atoms with van der Waals surface area (Å²) >= 11 is 0. The van der Waals surface area contributed by atoms with E-state index in [1.807, 2.05) is 0 Å². The maximum Gasteiger partial charge on any atom is 0.285 e. The normalized spacial score (nSPS) is 10.2. The second-order valence-corrected chi connectivity index (χ2v) is 3.76. The standard InChI is InChI=1S/C10H9FN6O3/c11-6-2-8(17(19)20)5(1-7(6)12)10(18)13-3-9-14-4-15-16-9/h1-2,4H,3,12H2,(H,13,18)(H,14,15,16). The number of H-pyrrole nitrogens is 1. The number of carbonyl (C=O) groups excluding carboxylic acids is 1. The molecule has 0 aliphatic carbocycles. The zero-order valence-corrected chi connectivity index (χ0v) is 9.96. The number of anilines is 1. The van der Waals surface area contributed by atoms with Crippen molar-refractivity contribution in [3.05, 3.63) is 45.8 Å². The summed E-state index contributed by atoms with van der Waals surface area (Å²) < 4.78 is 13.2. The molecule has 20 heavy (non-hydrogen) atoms. The van der Waals surface area contributed by atoms with Crippen LogP contribution in [0.5, 0.6) is 0 Å². The number of amides is 1. The second kappa shape index (κ2) is 5.30. The molecule has 10 heteroatoms. The highest BCUT2D eigenvalue weighted by atomic mass is 19.1. The van der Waals surface area contributed by atoms with Crippen LogP contribution in [0.15, 0.2) is 18.5 Å². The average molecular weight is 280 g/mol. The second-order valence-electron chi connectivity index (χ2n) is 3.76. The van der Waals surface area contributed by atoms with E-state index in [4.69, 9.17) is 5.73 Å². The van der Waals surface area contributed by atoms with Gasteiger partial charge in [0.1, 0.15) is 17.7 Å². The lowest BCUT2D eigenvalue weighted by Gasteiger charge is -2.06. The lowest BCUT2D eigenvalue weighted by molar-refractivity contribution is -0.385. The Balaban J connectivity index is 2.24. The molecule has 0 saturated heterocycles. The molecule has 104 valence electrons. The lowest BCUT2D eigenvalue weighted by atomic mass is 10.1. The van der Waals surface area contributed by atoms with Crippen LogP contribution in [0.4, 0.5) is 15.8 Å². The van der Waals surface area contributed by atoms with Crippen LogP contribution in [-0.4, -0.2) is 26.0 Å². The third kappa shape index (κ3) is 2.68. The molecule has 1 aromatic carbocycles. The zero-order valence-electron chi connectivity index (χ0n) is 9.96. The summed E-state index contributed by atoms with van der Waals surface area (Å²) in [6.45, 7) is -0.00668. The summed E-state index contributed by atoms with van der Waals surface area (Å²) in [5, 5.41) is 19.3. The van der Waals surface area contributed by atoms with Crippen LogP contribution in [0, 0.1) is 15.9 Å². The van der Waals surface area contributed by atoms with Crippen molar-refractivity contribution in [1.82, 2.24) is 20.5 Å².